The summed E-state index contributed by atoms with van der Waals surface area (Å²) in [5, 5.41) is 5.76. The highest BCUT2D eigenvalue weighted by Crippen LogP contribution is 2.15. The number of hydrogen-bond acceptors (Lipinski definition) is 4. The molecule has 2 N–H and O–H groups in total. The van der Waals surface area contributed by atoms with Crippen LogP contribution in [0.25, 0.3) is 0 Å². The van der Waals surface area contributed by atoms with Gasteiger partial charge in [0.05, 0.1) is 12.1 Å². The molecule has 0 amide bonds. The van der Waals surface area contributed by atoms with Gasteiger partial charge < -0.3 is 10.6 Å². The van der Waals surface area contributed by atoms with E-state index in [4.69, 9.17) is 0 Å². The Hall–Kier alpha value is -2.58. The normalized spacial score (nSPS) is 13.1. The van der Waals surface area contributed by atoms with Crippen LogP contribution in [0.3, 0.4) is 0 Å². The summed E-state index contributed by atoms with van der Waals surface area (Å²) in [6.45, 7) is 1.45. The molecule has 2 rings (SSSR count). The van der Waals surface area contributed by atoms with Gasteiger partial charge in [-0.25, -0.2) is 17.6 Å². The summed E-state index contributed by atoms with van der Waals surface area (Å²) in [7, 11) is 1.60. The smallest absolute Gasteiger partial charge is 0.194 e. The molecule has 0 spiro atoms. The second kappa shape index (κ2) is 11.0. The SMILES string of the molecule is CN[C@@H](Cc1ccccc1F)C(=O)CCN[C@@H](Cc1cc(F)c(F)c(F)c1)C(C)=O. The molecule has 0 fully saturated rings. The van der Waals surface area contributed by atoms with Gasteiger partial charge in [-0.2, -0.15) is 0 Å². The fourth-order valence-electron chi connectivity index (χ4n) is 3.13. The van der Waals surface area contributed by atoms with Crippen molar-refractivity contribution in [3.05, 3.63) is 70.8 Å². The molecule has 162 valence electrons. The van der Waals surface area contributed by atoms with Crippen LogP contribution in [0.15, 0.2) is 36.4 Å². The molecule has 30 heavy (non-hydrogen) atoms. The standard InChI is InChI=1S/C22H24F4N2O2/c1-13(29)19(11-14-9-17(24)22(26)18(25)10-14)28-8-7-21(30)20(27-2)12-15-5-3-4-6-16(15)23/h3-6,9-10,19-20,27-28H,7-8,11-12H2,1-2H3/t19-,20-/m0/s1. The third-order valence-corrected chi connectivity index (χ3v) is 4.86. The molecule has 2 aromatic carbocycles. The van der Waals surface area contributed by atoms with Gasteiger partial charge in [0, 0.05) is 13.0 Å². The Kier molecular flexibility index (Phi) is 8.68. The first-order chi connectivity index (χ1) is 14.2. The number of likely N-dealkylation sites (N-methyl/N-ethyl adjacent to an activating group) is 1. The van der Waals surface area contributed by atoms with E-state index in [0.29, 0.717) is 5.56 Å². The van der Waals surface area contributed by atoms with Crippen LogP contribution in [0.5, 0.6) is 0 Å². The summed E-state index contributed by atoms with van der Waals surface area (Å²) in [6.07, 6.45) is 0.199. The van der Waals surface area contributed by atoms with Crippen LogP contribution in [0.4, 0.5) is 17.6 Å². The molecule has 2 aromatic rings. The number of Topliss-reactive ketones (excluding diaryl/α,β-unsaturated/α-hetero) is 2. The molecule has 0 saturated carbocycles. The summed E-state index contributed by atoms with van der Waals surface area (Å²) >= 11 is 0. The predicted octanol–water partition coefficient (Wildman–Crippen LogP) is 3.12. The Morgan fingerprint density at radius 1 is 0.933 bits per heavy atom. The Bertz CT molecular complexity index is 881. The van der Waals surface area contributed by atoms with Crippen molar-refractivity contribution in [1.29, 1.82) is 0 Å². The Balaban J connectivity index is 1.93. The topological polar surface area (TPSA) is 58.2 Å². The zero-order valence-electron chi connectivity index (χ0n) is 16.8. The molecule has 2 atom stereocenters. The molecule has 0 aromatic heterocycles. The molecule has 0 aliphatic carbocycles. The molecule has 0 unspecified atom stereocenters. The van der Waals surface area contributed by atoms with Gasteiger partial charge in [0.25, 0.3) is 0 Å². The second-order valence-corrected chi connectivity index (χ2v) is 7.05. The van der Waals surface area contributed by atoms with E-state index in [0.717, 1.165) is 12.1 Å². The van der Waals surface area contributed by atoms with E-state index < -0.39 is 29.5 Å². The molecule has 0 heterocycles. The molecule has 0 bridgehead atoms. The number of benzene rings is 2. The minimum Gasteiger partial charge on any atom is -0.310 e. The lowest BCUT2D eigenvalue weighted by atomic mass is 9.99. The van der Waals surface area contributed by atoms with Gasteiger partial charge in [-0.15, -0.1) is 0 Å². The van der Waals surface area contributed by atoms with Crippen LogP contribution in [0, 0.1) is 23.3 Å². The highest BCUT2D eigenvalue weighted by molar-refractivity contribution is 5.85. The van der Waals surface area contributed by atoms with Gasteiger partial charge in [0.1, 0.15) is 11.6 Å². The van der Waals surface area contributed by atoms with E-state index in [1.54, 1.807) is 25.2 Å². The van der Waals surface area contributed by atoms with Crippen molar-refractivity contribution in [3.63, 3.8) is 0 Å². The maximum Gasteiger partial charge on any atom is 0.194 e. The van der Waals surface area contributed by atoms with Gasteiger partial charge >= 0.3 is 0 Å². The first-order valence-corrected chi connectivity index (χ1v) is 9.53. The van der Waals surface area contributed by atoms with E-state index in [9.17, 15) is 27.2 Å². The summed E-state index contributed by atoms with van der Waals surface area (Å²) in [5.74, 6) is -5.07. The van der Waals surface area contributed by atoms with E-state index in [1.807, 2.05) is 0 Å². The largest absolute Gasteiger partial charge is 0.310 e. The van der Waals surface area contributed by atoms with Crippen LogP contribution < -0.4 is 10.6 Å². The van der Waals surface area contributed by atoms with Gasteiger partial charge in [-0.05, 0) is 56.1 Å². The second-order valence-electron chi connectivity index (χ2n) is 7.05. The highest BCUT2D eigenvalue weighted by atomic mass is 19.2. The number of halogens is 4. The molecule has 0 aliphatic heterocycles. The zero-order chi connectivity index (χ0) is 22.3. The number of rotatable bonds is 11. The van der Waals surface area contributed by atoms with E-state index in [2.05, 4.69) is 10.6 Å². The molecular weight excluding hydrogens is 400 g/mol. The van der Waals surface area contributed by atoms with Crippen molar-refractivity contribution in [2.75, 3.05) is 13.6 Å². The number of nitrogens with one attached hydrogen (secondary N) is 2. The Labute approximate surface area is 172 Å². The number of ketones is 2. The summed E-state index contributed by atoms with van der Waals surface area (Å²) < 4.78 is 53.7. The maximum atomic E-state index is 13.8. The van der Waals surface area contributed by atoms with Gasteiger partial charge in [-0.3, -0.25) is 9.59 Å². The number of carbonyl (C=O) groups is 2. The average molecular weight is 424 g/mol. The lowest BCUT2D eigenvalue weighted by molar-refractivity contribution is -0.122. The first-order valence-electron chi connectivity index (χ1n) is 9.53. The first kappa shape index (κ1) is 23.7. The minimum atomic E-state index is -1.57. The Morgan fingerprint density at radius 2 is 1.57 bits per heavy atom. The number of carbonyl (C=O) groups excluding carboxylic acids is 2. The van der Waals surface area contributed by atoms with Crippen LogP contribution in [-0.2, 0) is 22.4 Å². The third-order valence-electron chi connectivity index (χ3n) is 4.86. The van der Waals surface area contributed by atoms with Gasteiger partial charge in [0.2, 0.25) is 0 Å². The fourth-order valence-corrected chi connectivity index (χ4v) is 3.13. The van der Waals surface area contributed by atoms with Gasteiger partial charge in [0.15, 0.2) is 23.2 Å². The molecular formula is C22H24F4N2O2. The maximum absolute atomic E-state index is 13.8. The number of hydrogen-bond donors (Lipinski definition) is 2. The highest BCUT2D eigenvalue weighted by Gasteiger charge is 2.21. The fraction of sp³-hybridized carbons (Fsp3) is 0.364. The summed E-state index contributed by atoms with van der Waals surface area (Å²) in [6, 6.07) is 6.49. The summed E-state index contributed by atoms with van der Waals surface area (Å²) in [5.41, 5.74) is 0.540. The van der Waals surface area contributed by atoms with Gasteiger partial charge in [-0.1, -0.05) is 18.2 Å². The lowest BCUT2D eigenvalue weighted by Crippen LogP contribution is -2.41. The van der Waals surface area contributed by atoms with E-state index >= 15 is 0 Å². The molecule has 0 radical (unpaired) electrons. The summed E-state index contributed by atoms with van der Waals surface area (Å²) in [4.78, 5) is 24.3. The van der Waals surface area contributed by atoms with Crippen molar-refractivity contribution in [2.45, 2.75) is 38.3 Å². The minimum absolute atomic E-state index is 0.0532. The van der Waals surface area contributed by atoms with Crippen LogP contribution in [-0.4, -0.2) is 37.2 Å². The third kappa shape index (κ3) is 6.47. The molecule has 0 aliphatic rings. The molecule has 0 saturated heterocycles. The van der Waals surface area contributed by atoms with Crippen molar-refractivity contribution in [1.82, 2.24) is 10.6 Å². The van der Waals surface area contributed by atoms with Crippen molar-refractivity contribution < 1.29 is 27.2 Å². The van der Waals surface area contributed by atoms with Crippen LogP contribution in [0.1, 0.15) is 24.5 Å². The monoisotopic (exact) mass is 424 g/mol. The Morgan fingerprint density at radius 3 is 2.13 bits per heavy atom. The van der Waals surface area contributed by atoms with Crippen molar-refractivity contribution in [3.8, 4) is 0 Å². The predicted molar refractivity (Wildman–Crippen MR) is 105 cm³/mol. The zero-order valence-corrected chi connectivity index (χ0v) is 16.8. The van der Waals surface area contributed by atoms with Crippen molar-refractivity contribution in [2.24, 2.45) is 0 Å². The van der Waals surface area contributed by atoms with Crippen molar-refractivity contribution >= 4 is 11.6 Å². The molecule has 8 heteroatoms. The van der Waals surface area contributed by atoms with E-state index in [1.165, 1.54) is 13.0 Å². The van der Waals surface area contributed by atoms with Crippen LogP contribution in [0.2, 0.25) is 0 Å². The quantitative estimate of drug-likeness (QED) is 0.430. The lowest BCUT2D eigenvalue weighted by Gasteiger charge is -2.18. The average Bonchev–Trinajstić information content (AvgIpc) is 2.70. The molecule has 4 nitrogen and oxygen atoms in total. The van der Waals surface area contributed by atoms with Crippen LogP contribution >= 0.6 is 0 Å². The van der Waals surface area contributed by atoms with E-state index in [-0.39, 0.29) is 48.8 Å².